The molecule has 0 aliphatic carbocycles. The lowest BCUT2D eigenvalue weighted by Gasteiger charge is -2.05. The minimum absolute atomic E-state index is 0.151. The number of carboxylic acid groups (broad SMARTS) is 1. The number of aliphatic carboxylic acids is 1. The molecule has 0 bridgehead atoms. The van der Waals surface area contributed by atoms with E-state index in [0.717, 1.165) is 5.39 Å². The van der Waals surface area contributed by atoms with Gasteiger partial charge in [-0.15, -0.1) is 0 Å². The summed E-state index contributed by atoms with van der Waals surface area (Å²) < 4.78 is 1.70. The zero-order valence-electron chi connectivity index (χ0n) is 9.08. The summed E-state index contributed by atoms with van der Waals surface area (Å²) >= 11 is 0. The Balaban J connectivity index is 2.78. The predicted molar refractivity (Wildman–Crippen MR) is 60.9 cm³/mol. The molecule has 0 aliphatic heterocycles. The number of nitro benzene ring substituents is 1. The van der Waals surface area contributed by atoms with Crippen molar-refractivity contribution in [2.24, 2.45) is 7.05 Å². The van der Waals surface area contributed by atoms with Crippen LogP contribution in [-0.2, 0) is 18.3 Å². The van der Waals surface area contributed by atoms with Crippen LogP contribution in [0.5, 0.6) is 0 Å². The maximum absolute atomic E-state index is 10.9. The van der Waals surface area contributed by atoms with Gasteiger partial charge in [-0.05, 0) is 12.1 Å². The molecule has 0 spiro atoms. The highest BCUT2D eigenvalue weighted by atomic mass is 16.6. The number of benzene rings is 1. The van der Waals surface area contributed by atoms with Crippen molar-refractivity contribution in [3.8, 4) is 0 Å². The molecule has 0 amide bonds. The van der Waals surface area contributed by atoms with Crippen LogP contribution in [-0.4, -0.2) is 20.6 Å². The number of hydrogen-bond acceptors (Lipinski definition) is 3. The van der Waals surface area contributed by atoms with E-state index in [-0.39, 0.29) is 17.7 Å². The number of aromatic nitrogens is 1. The molecule has 6 nitrogen and oxygen atoms in total. The molecule has 0 saturated carbocycles. The van der Waals surface area contributed by atoms with Crippen LogP contribution in [0.2, 0.25) is 0 Å². The molecule has 17 heavy (non-hydrogen) atoms. The first-order valence-corrected chi connectivity index (χ1v) is 4.94. The lowest BCUT2D eigenvalue weighted by atomic mass is 10.1. The highest BCUT2D eigenvalue weighted by Crippen LogP contribution is 2.28. The molecule has 0 radical (unpaired) electrons. The number of hydrogen-bond donors (Lipinski definition) is 1. The normalized spacial score (nSPS) is 10.6. The molecule has 1 heterocycles. The molecule has 0 aliphatic rings. The molecule has 0 fully saturated rings. The van der Waals surface area contributed by atoms with Crippen LogP contribution in [0.25, 0.3) is 10.9 Å². The van der Waals surface area contributed by atoms with Gasteiger partial charge in [0, 0.05) is 24.7 Å². The topological polar surface area (TPSA) is 85.4 Å². The molecular formula is C11H10N2O4. The zero-order valence-corrected chi connectivity index (χ0v) is 9.08. The predicted octanol–water partition coefficient (Wildman–Crippen LogP) is 1.71. The smallest absolute Gasteiger partial charge is 0.308 e. The minimum atomic E-state index is -1.08. The largest absolute Gasteiger partial charge is 0.481 e. The number of carbonyl (C=O) groups is 1. The summed E-state index contributed by atoms with van der Waals surface area (Å²) in [7, 11) is 1.73. The average molecular weight is 234 g/mol. The minimum Gasteiger partial charge on any atom is -0.481 e. The van der Waals surface area contributed by atoms with Gasteiger partial charge < -0.3 is 9.67 Å². The Kier molecular flexibility index (Phi) is 2.55. The van der Waals surface area contributed by atoms with Crippen molar-refractivity contribution in [2.45, 2.75) is 6.42 Å². The second-order valence-electron chi connectivity index (χ2n) is 3.76. The fraction of sp³-hybridized carbons (Fsp3) is 0.182. The summed E-state index contributed by atoms with van der Waals surface area (Å²) in [6.45, 7) is 0. The summed E-state index contributed by atoms with van der Waals surface area (Å²) in [5.41, 5.74) is 0.691. The standard InChI is InChI=1S/C11H10N2O4/c1-12-5-4-7-2-3-9(13(16)17)8(11(7)12)6-10(14)15/h2-5H,6H2,1H3,(H,14,15). The van der Waals surface area contributed by atoms with Gasteiger partial charge in [0.2, 0.25) is 0 Å². The Bertz CT molecular complexity index is 615. The SMILES string of the molecule is Cn1ccc2ccc([N+](=O)[O-])c(CC(=O)O)c21. The maximum atomic E-state index is 10.9. The van der Waals surface area contributed by atoms with Crippen molar-refractivity contribution in [1.29, 1.82) is 0 Å². The fourth-order valence-electron chi connectivity index (χ4n) is 1.96. The van der Waals surface area contributed by atoms with E-state index < -0.39 is 10.9 Å². The summed E-state index contributed by atoms with van der Waals surface area (Å²) in [6, 6.07) is 4.77. The number of carboxylic acids is 1. The van der Waals surface area contributed by atoms with E-state index in [4.69, 9.17) is 5.11 Å². The van der Waals surface area contributed by atoms with E-state index in [1.807, 2.05) is 0 Å². The van der Waals surface area contributed by atoms with Crippen molar-refractivity contribution in [1.82, 2.24) is 4.57 Å². The van der Waals surface area contributed by atoms with Crippen molar-refractivity contribution in [3.05, 3.63) is 40.1 Å². The van der Waals surface area contributed by atoms with Crippen LogP contribution < -0.4 is 0 Å². The summed E-state index contributed by atoms with van der Waals surface area (Å²) in [4.78, 5) is 21.1. The Morgan fingerprint density at radius 2 is 2.18 bits per heavy atom. The summed E-state index contributed by atoms with van der Waals surface area (Å²) in [6.07, 6.45) is 1.39. The lowest BCUT2D eigenvalue weighted by molar-refractivity contribution is -0.385. The molecule has 2 rings (SSSR count). The van der Waals surface area contributed by atoms with Gasteiger partial charge >= 0.3 is 5.97 Å². The first kappa shape index (κ1) is 11.1. The highest BCUT2D eigenvalue weighted by molar-refractivity contribution is 5.90. The molecule has 1 aromatic carbocycles. The van der Waals surface area contributed by atoms with Crippen LogP contribution in [0.1, 0.15) is 5.56 Å². The summed E-state index contributed by atoms with van der Waals surface area (Å²) in [5.74, 6) is -1.08. The molecule has 0 saturated heterocycles. The molecule has 88 valence electrons. The van der Waals surface area contributed by atoms with E-state index in [2.05, 4.69) is 0 Å². The van der Waals surface area contributed by atoms with Crippen molar-refractivity contribution < 1.29 is 14.8 Å². The van der Waals surface area contributed by atoms with Gasteiger partial charge in [0.05, 0.1) is 22.4 Å². The van der Waals surface area contributed by atoms with Crippen LogP contribution in [0.4, 0.5) is 5.69 Å². The van der Waals surface area contributed by atoms with Crippen molar-refractivity contribution >= 4 is 22.6 Å². The van der Waals surface area contributed by atoms with Crippen LogP contribution in [0.3, 0.4) is 0 Å². The maximum Gasteiger partial charge on any atom is 0.308 e. The Morgan fingerprint density at radius 3 is 2.76 bits per heavy atom. The van der Waals surface area contributed by atoms with Gasteiger partial charge in [-0.1, -0.05) is 0 Å². The van der Waals surface area contributed by atoms with E-state index in [1.165, 1.54) is 6.07 Å². The second-order valence-corrected chi connectivity index (χ2v) is 3.76. The second kappa shape index (κ2) is 3.89. The Labute approximate surface area is 96.2 Å². The monoisotopic (exact) mass is 234 g/mol. The third kappa shape index (κ3) is 1.84. The lowest BCUT2D eigenvalue weighted by Crippen LogP contribution is -2.06. The molecule has 1 aromatic heterocycles. The van der Waals surface area contributed by atoms with Gasteiger partial charge in [-0.3, -0.25) is 14.9 Å². The van der Waals surface area contributed by atoms with Gasteiger partial charge in [0.25, 0.3) is 5.69 Å². The van der Waals surface area contributed by atoms with Crippen molar-refractivity contribution in [2.75, 3.05) is 0 Å². The van der Waals surface area contributed by atoms with E-state index in [0.29, 0.717) is 5.52 Å². The van der Waals surface area contributed by atoms with E-state index in [1.54, 1.807) is 29.9 Å². The number of fused-ring (bicyclic) bond motifs is 1. The average Bonchev–Trinajstić information content (AvgIpc) is 2.60. The van der Waals surface area contributed by atoms with Gasteiger partial charge in [-0.25, -0.2) is 0 Å². The van der Waals surface area contributed by atoms with E-state index >= 15 is 0 Å². The number of nitro groups is 1. The highest BCUT2D eigenvalue weighted by Gasteiger charge is 2.20. The first-order valence-electron chi connectivity index (χ1n) is 4.94. The van der Waals surface area contributed by atoms with Gasteiger partial charge in [0.15, 0.2) is 0 Å². The Morgan fingerprint density at radius 1 is 1.47 bits per heavy atom. The number of aryl methyl sites for hydroxylation is 1. The molecule has 0 unspecified atom stereocenters. The Hall–Kier alpha value is -2.37. The van der Waals surface area contributed by atoms with E-state index in [9.17, 15) is 14.9 Å². The first-order chi connectivity index (χ1) is 8.00. The zero-order chi connectivity index (χ0) is 12.6. The fourth-order valence-corrected chi connectivity index (χ4v) is 1.96. The number of rotatable bonds is 3. The van der Waals surface area contributed by atoms with Gasteiger partial charge in [0.1, 0.15) is 0 Å². The quantitative estimate of drug-likeness (QED) is 0.647. The summed E-state index contributed by atoms with van der Waals surface area (Å²) in [5, 5.41) is 20.5. The third-order valence-electron chi connectivity index (χ3n) is 2.64. The van der Waals surface area contributed by atoms with Crippen LogP contribution in [0, 0.1) is 10.1 Å². The molecule has 1 N–H and O–H groups in total. The molecular weight excluding hydrogens is 224 g/mol. The molecule has 2 aromatic rings. The molecule has 6 heteroatoms. The van der Waals surface area contributed by atoms with Crippen molar-refractivity contribution in [3.63, 3.8) is 0 Å². The third-order valence-corrected chi connectivity index (χ3v) is 2.64. The van der Waals surface area contributed by atoms with Crippen LogP contribution >= 0.6 is 0 Å². The molecule has 0 atom stereocenters. The van der Waals surface area contributed by atoms with Gasteiger partial charge in [-0.2, -0.15) is 0 Å². The number of nitrogens with zero attached hydrogens (tertiary/aromatic N) is 2. The van der Waals surface area contributed by atoms with Crippen LogP contribution in [0.15, 0.2) is 24.4 Å².